The fraction of sp³-hybridized carbons (Fsp3) is 1.00. The van der Waals surface area contributed by atoms with Crippen LogP contribution in [0.5, 0.6) is 0 Å². The van der Waals surface area contributed by atoms with E-state index in [2.05, 4.69) is 26.5 Å². The van der Waals surface area contributed by atoms with Crippen LogP contribution in [0, 0.1) is 5.92 Å². The Balaban J connectivity index is 2.75. The van der Waals surface area contributed by atoms with Gasteiger partial charge in [0.25, 0.3) is 0 Å². The van der Waals surface area contributed by atoms with Crippen molar-refractivity contribution in [1.29, 1.82) is 0 Å². The first-order valence-electron chi connectivity index (χ1n) is 2.42. The van der Waals surface area contributed by atoms with Gasteiger partial charge in [-0.15, -0.1) is 0 Å². The van der Waals surface area contributed by atoms with E-state index in [-0.39, 0.29) is 0 Å². The molecule has 0 aromatic rings. The molecule has 0 aliphatic carbocycles. The molecule has 0 spiro atoms. The maximum absolute atomic E-state index is 4.10. The smallest absolute Gasteiger partial charge is 0.00722 e. The van der Waals surface area contributed by atoms with Crippen molar-refractivity contribution >= 4 is 12.6 Å². The molecule has 0 aliphatic rings. The van der Waals surface area contributed by atoms with Gasteiger partial charge < -0.3 is 0 Å². The minimum Gasteiger partial charge on any atom is -0.179 e. The van der Waals surface area contributed by atoms with Gasteiger partial charge >= 0.3 is 0 Å². The van der Waals surface area contributed by atoms with Gasteiger partial charge in [0.05, 0.1) is 0 Å². The van der Waals surface area contributed by atoms with Crippen LogP contribution in [0.15, 0.2) is 0 Å². The molecule has 0 nitrogen and oxygen atoms in total. The van der Waals surface area contributed by atoms with Gasteiger partial charge in [-0.1, -0.05) is 20.3 Å². The predicted octanol–water partition coefficient (Wildman–Crippen LogP) is 1.96. The van der Waals surface area contributed by atoms with Crippen LogP contribution in [-0.4, -0.2) is 5.75 Å². The van der Waals surface area contributed by atoms with Crippen molar-refractivity contribution in [2.24, 2.45) is 5.92 Å². The second-order valence-corrected chi connectivity index (χ2v) is 2.06. The first-order chi connectivity index (χ1) is 2.81. The maximum atomic E-state index is 4.10. The van der Waals surface area contributed by atoms with Crippen molar-refractivity contribution in [3.8, 4) is 0 Å². The SMILES string of the molecule is CC[C@@H](C)CS. The van der Waals surface area contributed by atoms with Crippen molar-refractivity contribution in [3.63, 3.8) is 0 Å². The van der Waals surface area contributed by atoms with E-state index in [4.69, 9.17) is 0 Å². The van der Waals surface area contributed by atoms with Gasteiger partial charge in [0.15, 0.2) is 0 Å². The van der Waals surface area contributed by atoms with Crippen molar-refractivity contribution in [2.45, 2.75) is 20.3 Å². The highest BCUT2D eigenvalue weighted by atomic mass is 32.1. The number of thiol groups is 1. The molecule has 1 heteroatoms. The highest BCUT2D eigenvalue weighted by Gasteiger charge is 1.89. The third kappa shape index (κ3) is 2.58. The Kier molecular flexibility index (Phi) is 3.74. The van der Waals surface area contributed by atoms with E-state index in [9.17, 15) is 0 Å². The van der Waals surface area contributed by atoms with Crippen molar-refractivity contribution in [1.82, 2.24) is 0 Å². The fourth-order valence-electron chi connectivity index (χ4n) is 0.129. The fourth-order valence-corrected chi connectivity index (χ4v) is 0.387. The van der Waals surface area contributed by atoms with Gasteiger partial charge in [-0.05, 0) is 11.7 Å². The molecule has 0 saturated heterocycles. The normalized spacial score (nSPS) is 14.5. The quantitative estimate of drug-likeness (QED) is 0.509. The molecule has 0 unspecified atom stereocenters. The van der Waals surface area contributed by atoms with Crippen LogP contribution in [0.3, 0.4) is 0 Å². The standard InChI is InChI=1S/C5H12S/c1-3-5(2)4-6/h5-6H,3-4H2,1-2H3/t5-/m1/s1. The molecule has 0 saturated carbocycles. The summed E-state index contributed by atoms with van der Waals surface area (Å²) >= 11 is 4.10. The lowest BCUT2D eigenvalue weighted by Gasteiger charge is -1.98. The zero-order valence-electron chi connectivity index (χ0n) is 4.44. The Hall–Kier alpha value is 0.350. The Labute approximate surface area is 45.4 Å². The summed E-state index contributed by atoms with van der Waals surface area (Å²) < 4.78 is 0. The zero-order chi connectivity index (χ0) is 4.99. The molecule has 0 N–H and O–H groups in total. The van der Waals surface area contributed by atoms with E-state index in [1.807, 2.05) is 0 Å². The lowest BCUT2D eigenvalue weighted by molar-refractivity contribution is 0.638. The van der Waals surface area contributed by atoms with Crippen LogP contribution >= 0.6 is 12.6 Å². The number of hydrogen-bond acceptors (Lipinski definition) is 1. The van der Waals surface area contributed by atoms with E-state index in [1.165, 1.54) is 6.42 Å². The van der Waals surface area contributed by atoms with E-state index in [0.717, 1.165) is 11.7 Å². The number of hydrogen-bond donors (Lipinski definition) is 1. The van der Waals surface area contributed by atoms with Crippen LogP contribution in [-0.2, 0) is 0 Å². The second-order valence-electron chi connectivity index (χ2n) is 1.70. The Bertz CT molecular complexity index is 23.1. The first kappa shape index (κ1) is 6.35. The van der Waals surface area contributed by atoms with Crippen LogP contribution in [0.4, 0.5) is 0 Å². The molecule has 0 aromatic carbocycles. The molecule has 0 amide bonds. The average molecular weight is 104 g/mol. The van der Waals surface area contributed by atoms with Crippen molar-refractivity contribution < 1.29 is 0 Å². The molecule has 0 radical (unpaired) electrons. The van der Waals surface area contributed by atoms with Gasteiger partial charge in [0.2, 0.25) is 0 Å². The van der Waals surface area contributed by atoms with Crippen molar-refractivity contribution in [2.75, 3.05) is 5.75 Å². The molecule has 0 aromatic heterocycles. The molecule has 0 heterocycles. The molecule has 0 bridgehead atoms. The molecule has 0 fully saturated rings. The van der Waals surface area contributed by atoms with E-state index >= 15 is 0 Å². The lowest BCUT2D eigenvalue weighted by atomic mass is 10.2. The largest absolute Gasteiger partial charge is 0.179 e. The summed E-state index contributed by atoms with van der Waals surface area (Å²) in [5, 5.41) is 0. The van der Waals surface area contributed by atoms with Gasteiger partial charge in [-0.3, -0.25) is 0 Å². The summed E-state index contributed by atoms with van der Waals surface area (Å²) in [5.41, 5.74) is 0. The topological polar surface area (TPSA) is 0 Å². The second kappa shape index (κ2) is 3.54. The molecule has 1 atom stereocenters. The van der Waals surface area contributed by atoms with Crippen molar-refractivity contribution in [3.05, 3.63) is 0 Å². The maximum Gasteiger partial charge on any atom is -0.00722 e. The van der Waals surface area contributed by atoms with Crippen LogP contribution in [0.25, 0.3) is 0 Å². The average Bonchev–Trinajstić information content (AvgIpc) is 1.65. The number of rotatable bonds is 2. The lowest BCUT2D eigenvalue weighted by Crippen LogP contribution is -1.90. The third-order valence-corrected chi connectivity index (χ3v) is 1.63. The summed E-state index contributed by atoms with van der Waals surface area (Å²) in [6, 6.07) is 0. The molecule has 0 aliphatic heterocycles. The zero-order valence-corrected chi connectivity index (χ0v) is 5.33. The summed E-state index contributed by atoms with van der Waals surface area (Å²) in [5.74, 6) is 1.82. The molecule has 38 valence electrons. The van der Waals surface area contributed by atoms with Gasteiger partial charge in [0, 0.05) is 0 Å². The van der Waals surface area contributed by atoms with Gasteiger partial charge in [-0.25, -0.2) is 0 Å². The van der Waals surface area contributed by atoms with Gasteiger partial charge in [0.1, 0.15) is 0 Å². The van der Waals surface area contributed by atoms with Crippen LogP contribution in [0.2, 0.25) is 0 Å². The van der Waals surface area contributed by atoms with Crippen LogP contribution in [0.1, 0.15) is 20.3 Å². The molecule has 0 rings (SSSR count). The van der Waals surface area contributed by atoms with E-state index < -0.39 is 0 Å². The molecular formula is C5H12S. The molecular weight excluding hydrogens is 92.1 g/mol. The summed E-state index contributed by atoms with van der Waals surface area (Å²) in [6.07, 6.45) is 1.25. The first-order valence-corrected chi connectivity index (χ1v) is 3.05. The predicted molar refractivity (Wildman–Crippen MR) is 33.3 cm³/mol. The van der Waals surface area contributed by atoms with E-state index in [1.54, 1.807) is 0 Å². The summed E-state index contributed by atoms with van der Waals surface area (Å²) in [7, 11) is 0. The Morgan fingerprint density at radius 1 is 1.67 bits per heavy atom. The highest BCUT2D eigenvalue weighted by Crippen LogP contribution is 2.00. The third-order valence-electron chi connectivity index (χ3n) is 1.01. The monoisotopic (exact) mass is 104 g/mol. The minimum atomic E-state index is 0.799. The summed E-state index contributed by atoms with van der Waals surface area (Å²) in [4.78, 5) is 0. The molecule has 6 heavy (non-hydrogen) atoms. The van der Waals surface area contributed by atoms with Crippen LogP contribution < -0.4 is 0 Å². The Morgan fingerprint density at radius 2 is 2.17 bits per heavy atom. The highest BCUT2D eigenvalue weighted by molar-refractivity contribution is 7.80. The van der Waals surface area contributed by atoms with E-state index in [0.29, 0.717) is 0 Å². The van der Waals surface area contributed by atoms with Gasteiger partial charge in [-0.2, -0.15) is 12.6 Å². The minimum absolute atomic E-state index is 0.799. The summed E-state index contributed by atoms with van der Waals surface area (Å²) in [6.45, 7) is 4.38. The Morgan fingerprint density at radius 3 is 2.17 bits per heavy atom.